The number of amides is 1. The lowest BCUT2D eigenvalue weighted by molar-refractivity contribution is -0.152. The van der Waals surface area contributed by atoms with E-state index in [4.69, 9.17) is 4.74 Å². The zero-order chi connectivity index (χ0) is 15.9. The van der Waals surface area contributed by atoms with Gasteiger partial charge in [-0.2, -0.15) is 0 Å². The van der Waals surface area contributed by atoms with Crippen LogP contribution in [0.1, 0.15) is 38.7 Å². The highest BCUT2D eigenvalue weighted by molar-refractivity contribution is 5.84. The van der Waals surface area contributed by atoms with Crippen LogP contribution in [0.25, 0.3) is 0 Å². The van der Waals surface area contributed by atoms with Crippen LogP contribution in [-0.2, 0) is 16.1 Å². The van der Waals surface area contributed by atoms with Crippen LogP contribution in [0.3, 0.4) is 0 Å². The normalized spacial score (nSPS) is 11.0. The predicted molar refractivity (Wildman–Crippen MR) is 80.1 cm³/mol. The van der Waals surface area contributed by atoms with Crippen LogP contribution in [0.4, 0.5) is 0 Å². The molecule has 0 saturated heterocycles. The minimum atomic E-state index is -0.968. The third-order valence-corrected chi connectivity index (χ3v) is 3.95. The number of rotatable bonds is 8. The van der Waals surface area contributed by atoms with E-state index < -0.39 is 11.4 Å². The topological polar surface area (TPSA) is 75.6 Å². The second-order valence-electron chi connectivity index (χ2n) is 5.09. The Kier molecular flexibility index (Phi) is 6.21. The van der Waals surface area contributed by atoms with E-state index in [1.807, 2.05) is 24.3 Å². The maximum absolute atomic E-state index is 12.0. The van der Waals surface area contributed by atoms with E-state index in [0.29, 0.717) is 19.4 Å². The van der Waals surface area contributed by atoms with Gasteiger partial charge in [-0.15, -0.1) is 0 Å². The van der Waals surface area contributed by atoms with E-state index in [1.54, 1.807) is 21.0 Å². The molecule has 1 aromatic rings. The van der Waals surface area contributed by atoms with E-state index in [2.05, 4.69) is 5.32 Å². The minimum absolute atomic E-state index is 0.00544. The van der Waals surface area contributed by atoms with Gasteiger partial charge in [0.15, 0.2) is 0 Å². The van der Waals surface area contributed by atoms with Crippen LogP contribution in [0, 0.1) is 5.41 Å². The number of benzene rings is 1. The minimum Gasteiger partial charge on any atom is -0.497 e. The Balaban J connectivity index is 2.58. The maximum Gasteiger partial charge on any atom is 0.310 e. The summed E-state index contributed by atoms with van der Waals surface area (Å²) in [5.41, 5.74) is -0.0256. The second kappa shape index (κ2) is 7.67. The van der Waals surface area contributed by atoms with Gasteiger partial charge in [-0.05, 0) is 30.5 Å². The van der Waals surface area contributed by atoms with E-state index in [-0.39, 0.29) is 12.3 Å². The zero-order valence-electron chi connectivity index (χ0n) is 12.8. The van der Waals surface area contributed by atoms with E-state index in [0.717, 1.165) is 11.3 Å². The third-order valence-electron chi connectivity index (χ3n) is 3.95. The largest absolute Gasteiger partial charge is 0.497 e. The number of carbonyl (C=O) groups excluding carboxylic acids is 1. The maximum atomic E-state index is 12.0. The first-order valence-electron chi connectivity index (χ1n) is 7.10. The molecular weight excluding hydrogens is 270 g/mol. The summed E-state index contributed by atoms with van der Waals surface area (Å²) in [4.78, 5) is 23.3. The summed E-state index contributed by atoms with van der Waals surface area (Å²) in [6.45, 7) is 3.98. The highest BCUT2D eigenvalue weighted by Gasteiger charge is 2.36. The van der Waals surface area contributed by atoms with Gasteiger partial charge < -0.3 is 15.2 Å². The number of hydrogen-bond acceptors (Lipinski definition) is 3. The van der Waals surface area contributed by atoms with Crippen molar-refractivity contribution in [2.75, 3.05) is 7.11 Å². The molecule has 0 aliphatic rings. The molecule has 2 N–H and O–H groups in total. The Morgan fingerprint density at radius 1 is 1.19 bits per heavy atom. The second-order valence-corrected chi connectivity index (χ2v) is 5.09. The summed E-state index contributed by atoms with van der Waals surface area (Å²) >= 11 is 0. The van der Waals surface area contributed by atoms with Crippen LogP contribution in [-0.4, -0.2) is 24.1 Å². The lowest BCUT2D eigenvalue weighted by Gasteiger charge is -2.25. The lowest BCUT2D eigenvalue weighted by atomic mass is 9.79. The summed E-state index contributed by atoms with van der Waals surface area (Å²) < 4.78 is 5.06. The molecule has 0 heterocycles. The van der Waals surface area contributed by atoms with Crippen molar-refractivity contribution in [1.29, 1.82) is 0 Å². The monoisotopic (exact) mass is 293 g/mol. The van der Waals surface area contributed by atoms with Crippen molar-refractivity contribution in [3.63, 3.8) is 0 Å². The predicted octanol–water partition coefficient (Wildman–Crippen LogP) is 2.59. The highest BCUT2D eigenvalue weighted by atomic mass is 16.5. The zero-order valence-corrected chi connectivity index (χ0v) is 12.8. The molecule has 0 radical (unpaired) electrons. The molecule has 1 amide bonds. The molecule has 0 fully saturated rings. The summed E-state index contributed by atoms with van der Waals surface area (Å²) in [5.74, 6) is -0.393. The number of nitrogens with one attached hydrogen (secondary N) is 1. The number of methoxy groups -OCH3 is 1. The van der Waals surface area contributed by atoms with Gasteiger partial charge in [-0.3, -0.25) is 9.59 Å². The molecular formula is C16H23NO4. The van der Waals surface area contributed by atoms with Crippen molar-refractivity contribution in [2.24, 2.45) is 5.41 Å². The molecule has 1 aromatic carbocycles. The number of ether oxygens (including phenoxy) is 1. The van der Waals surface area contributed by atoms with Gasteiger partial charge in [0.2, 0.25) is 5.91 Å². The van der Waals surface area contributed by atoms with Gasteiger partial charge in [0.05, 0.1) is 12.5 Å². The first-order valence-corrected chi connectivity index (χ1v) is 7.10. The van der Waals surface area contributed by atoms with Crippen LogP contribution in [0.5, 0.6) is 5.75 Å². The Labute approximate surface area is 125 Å². The summed E-state index contributed by atoms with van der Waals surface area (Å²) in [6, 6.07) is 7.37. The summed E-state index contributed by atoms with van der Waals surface area (Å²) in [5, 5.41) is 12.1. The lowest BCUT2D eigenvalue weighted by Crippen LogP contribution is -2.36. The first kappa shape index (κ1) is 17.0. The van der Waals surface area contributed by atoms with Gasteiger partial charge in [-0.1, -0.05) is 26.0 Å². The quantitative estimate of drug-likeness (QED) is 0.772. The van der Waals surface area contributed by atoms with Gasteiger partial charge in [0.1, 0.15) is 5.75 Å². The molecule has 1 rings (SSSR count). The Bertz CT molecular complexity index is 478. The molecule has 5 nitrogen and oxygen atoms in total. The smallest absolute Gasteiger partial charge is 0.310 e. The molecule has 0 unspecified atom stereocenters. The number of hydrogen-bond donors (Lipinski definition) is 2. The van der Waals surface area contributed by atoms with Crippen molar-refractivity contribution in [3.05, 3.63) is 29.8 Å². The molecule has 0 bridgehead atoms. The van der Waals surface area contributed by atoms with Crippen molar-refractivity contribution in [2.45, 2.75) is 39.7 Å². The molecule has 0 atom stereocenters. The average molecular weight is 293 g/mol. The molecule has 0 saturated carbocycles. The number of carboxylic acid groups (broad SMARTS) is 1. The van der Waals surface area contributed by atoms with Crippen molar-refractivity contribution in [1.82, 2.24) is 5.32 Å². The number of carbonyl (C=O) groups is 2. The standard InChI is InChI=1S/C16H23NO4/c1-4-16(5-2,15(19)20)10-14(18)17-11-12-6-8-13(21-3)9-7-12/h6-9H,4-5,10-11H2,1-3H3,(H,17,18)(H,19,20). The Morgan fingerprint density at radius 3 is 2.19 bits per heavy atom. The fourth-order valence-corrected chi connectivity index (χ4v) is 2.19. The van der Waals surface area contributed by atoms with Crippen LogP contribution < -0.4 is 10.1 Å². The molecule has 0 aromatic heterocycles. The molecule has 116 valence electrons. The van der Waals surface area contributed by atoms with Crippen LogP contribution in [0.2, 0.25) is 0 Å². The van der Waals surface area contributed by atoms with E-state index in [1.165, 1.54) is 0 Å². The van der Waals surface area contributed by atoms with E-state index in [9.17, 15) is 14.7 Å². The fourth-order valence-electron chi connectivity index (χ4n) is 2.19. The number of carboxylic acids is 1. The fraction of sp³-hybridized carbons (Fsp3) is 0.500. The molecule has 0 spiro atoms. The summed E-state index contributed by atoms with van der Waals surface area (Å²) in [6.07, 6.45) is 0.884. The molecule has 0 aliphatic carbocycles. The van der Waals surface area contributed by atoms with Gasteiger partial charge in [-0.25, -0.2) is 0 Å². The van der Waals surface area contributed by atoms with Crippen molar-refractivity contribution >= 4 is 11.9 Å². The highest BCUT2D eigenvalue weighted by Crippen LogP contribution is 2.30. The molecule has 0 aliphatic heterocycles. The van der Waals surface area contributed by atoms with E-state index >= 15 is 0 Å². The van der Waals surface area contributed by atoms with Crippen molar-refractivity contribution in [3.8, 4) is 5.75 Å². The van der Waals surface area contributed by atoms with Crippen molar-refractivity contribution < 1.29 is 19.4 Å². The van der Waals surface area contributed by atoms with Gasteiger partial charge in [0, 0.05) is 13.0 Å². The van der Waals surface area contributed by atoms with Crippen LogP contribution in [0.15, 0.2) is 24.3 Å². The van der Waals surface area contributed by atoms with Gasteiger partial charge >= 0.3 is 5.97 Å². The third kappa shape index (κ3) is 4.48. The average Bonchev–Trinajstić information content (AvgIpc) is 2.50. The Hall–Kier alpha value is -2.04. The molecule has 5 heteroatoms. The Morgan fingerprint density at radius 2 is 1.76 bits per heavy atom. The first-order chi connectivity index (χ1) is 9.97. The van der Waals surface area contributed by atoms with Gasteiger partial charge in [0.25, 0.3) is 0 Å². The molecule has 21 heavy (non-hydrogen) atoms. The SMILES string of the molecule is CCC(CC)(CC(=O)NCc1ccc(OC)cc1)C(=O)O. The number of aliphatic carboxylic acids is 1. The summed E-state index contributed by atoms with van der Waals surface area (Å²) in [7, 11) is 1.60. The van der Waals surface area contributed by atoms with Crippen LogP contribution >= 0.6 is 0 Å².